The minimum Gasteiger partial charge on any atom is -0.378 e. The highest BCUT2D eigenvalue weighted by molar-refractivity contribution is 8.00. The van der Waals surface area contributed by atoms with Crippen LogP contribution in [0.25, 0.3) is 5.69 Å². The number of carbonyl (C=O) groups excluding carboxylic acids is 1. The van der Waals surface area contributed by atoms with E-state index < -0.39 is 0 Å². The molecule has 1 saturated heterocycles. The van der Waals surface area contributed by atoms with E-state index >= 15 is 0 Å². The fourth-order valence-corrected chi connectivity index (χ4v) is 4.48. The zero-order valence-electron chi connectivity index (χ0n) is 14.1. The van der Waals surface area contributed by atoms with E-state index in [1.165, 1.54) is 0 Å². The molecule has 0 unspecified atom stereocenters. The number of morpholine rings is 1. The Balaban J connectivity index is 1.68. The second-order valence-electron chi connectivity index (χ2n) is 6.37. The number of Topliss-reactive ketones (excluding diaryl/α,β-unsaturated/α-hetero) is 1. The Morgan fingerprint density at radius 1 is 1.08 bits per heavy atom. The highest BCUT2D eigenvalue weighted by atomic mass is 32.2. The van der Waals surface area contributed by atoms with E-state index in [1.807, 2.05) is 18.2 Å². The van der Waals surface area contributed by atoms with E-state index in [-0.39, 0.29) is 5.25 Å². The largest absolute Gasteiger partial charge is 0.378 e. The third-order valence-corrected chi connectivity index (χ3v) is 5.93. The first-order valence-corrected chi connectivity index (χ1v) is 9.74. The van der Waals surface area contributed by atoms with Crippen molar-refractivity contribution in [2.45, 2.75) is 36.1 Å². The topological polar surface area (TPSA) is 60.3 Å². The third kappa shape index (κ3) is 3.57. The summed E-state index contributed by atoms with van der Waals surface area (Å²) in [6.45, 7) is 3.01. The standard InChI is InChI=1S/C18H22N4O2S/c23-15-8-4-5-9-16(15)25-18-20-19-17(21-10-12-24-13-11-21)22(18)14-6-2-1-3-7-14/h1-3,6-7,16H,4-5,8-13H2/t16-/m1/s1. The van der Waals surface area contributed by atoms with E-state index in [1.54, 1.807) is 11.8 Å². The number of rotatable bonds is 4. The van der Waals surface area contributed by atoms with Crippen molar-refractivity contribution in [1.29, 1.82) is 0 Å². The molecule has 7 heteroatoms. The fraction of sp³-hybridized carbons (Fsp3) is 0.500. The molecule has 1 aromatic heterocycles. The minimum atomic E-state index is -0.00190. The molecule has 0 N–H and O–H groups in total. The Morgan fingerprint density at radius 2 is 1.88 bits per heavy atom. The quantitative estimate of drug-likeness (QED) is 0.837. The molecule has 25 heavy (non-hydrogen) atoms. The lowest BCUT2D eigenvalue weighted by Gasteiger charge is -2.28. The summed E-state index contributed by atoms with van der Waals surface area (Å²) in [6.07, 6.45) is 3.74. The molecule has 0 bridgehead atoms. The highest BCUT2D eigenvalue weighted by Gasteiger charge is 2.28. The molecule has 2 fully saturated rings. The number of hydrogen-bond donors (Lipinski definition) is 0. The maximum absolute atomic E-state index is 12.2. The van der Waals surface area contributed by atoms with E-state index in [9.17, 15) is 4.79 Å². The highest BCUT2D eigenvalue weighted by Crippen LogP contribution is 2.34. The van der Waals surface area contributed by atoms with Gasteiger partial charge < -0.3 is 9.64 Å². The zero-order chi connectivity index (χ0) is 17.1. The minimum absolute atomic E-state index is 0.00190. The van der Waals surface area contributed by atoms with Gasteiger partial charge in [0.2, 0.25) is 5.95 Å². The molecule has 1 saturated carbocycles. The van der Waals surface area contributed by atoms with Crippen molar-refractivity contribution in [3.05, 3.63) is 30.3 Å². The molecule has 1 aliphatic carbocycles. The number of aromatic nitrogens is 3. The number of anilines is 1. The first-order valence-electron chi connectivity index (χ1n) is 8.86. The number of carbonyl (C=O) groups is 1. The van der Waals surface area contributed by atoms with Gasteiger partial charge in [-0.2, -0.15) is 0 Å². The maximum Gasteiger partial charge on any atom is 0.232 e. The molecule has 2 aromatic rings. The maximum atomic E-state index is 12.2. The molecular formula is C18H22N4O2S. The Labute approximate surface area is 151 Å². The van der Waals surface area contributed by atoms with Gasteiger partial charge in [-0.1, -0.05) is 36.4 Å². The molecule has 0 spiro atoms. The lowest BCUT2D eigenvalue weighted by atomic mass is 9.99. The summed E-state index contributed by atoms with van der Waals surface area (Å²) >= 11 is 1.56. The van der Waals surface area contributed by atoms with Crippen LogP contribution in [0, 0.1) is 0 Å². The Morgan fingerprint density at radius 3 is 2.64 bits per heavy atom. The van der Waals surface area contributed by atoms with Crippen molar-refractivity contribution in [3.8, 4) is 5.69 Å². The van der Waals surface area contributed by atoms with Crippen molar-refractivity contribution in [2.75, 3.05) is 31.2 Å². The van der Waals surface area contributed by atoms with Crippen LogP contribution in [0.4, 0.5) is 5.95 Å². The average molecular weight is 358 g/mol. The SMILES string of the molecule is O=C1CCCC[C@H]1Sc1nnc(N2CCOCC2)n1-c1ccccc1. The molecule has 1 aliphatic heterocycles. The van der Waals surface area contributed by atoms with Crippen LogP contribution in [-0.4, -0.2) is 52.1 Å². The number of para-hydroxylation sites is 1. The van der Waals surface area contributed by atoms with Gasteiger partial charge in [0.15, 0.2) is 5.16 Å². The van der Waals surface area contributed by atoms with Gasteiger partial charge in [0.25, 0.3) is 0 Å². The zero-order valence-corrected chi connectivity index (χ0v) is 15.0. The average Bonchev–Trinajstić information content (AvgIpc) is 3.09. The lowest BCUT2D eigenvalue weighted by Crippen LogP contribution is -2.37. The van der Waals surface area contributed by atoms with Gasteiger partial charge in [0.05, 0.1) is 24.2 Å². The fourth-order valence-electron chi connectivity index (χ4n) is 3.31. The van der Waals surface area contributed by atoms with Gasteiger partial charge >= 0.3 is 0 Å². The predicted molar refractivity (Wildman–Crippen MR) is 97.5 cm³/mol. The van der Waals surface area contributed by atoms with Crippen molar-refractivity contribution in [3.63, 3.8) is 0 Å². The number of ketones is 1. The second kappa shape index (κ2) is 7.58. The molecule has 6 nitrogen and oxygen atoms in total. The summed E-state index contributed by atoms with van der Waals surface area (Å²) in [4.78, 5) is 14.5. The summed E-state index contributed by atoms with van der Waals surface area (Å²) < 4.78 is 7.54. The van der Waals surface area contributed by atoms with Gasteiger partial charge in [-0.25, -0.2) is 0 Å². The van der Waals surface area contributed by atoms with Crippen LogP contribution >= 0.6 is 11.8 Å². The van der Waals surface area contributed by atoms with Crippen molar-refractivity contribution >= 4 is 23.5 Å². The van der Waals surface area contributed by atoms with Crippen molar-refractivity contribution in [2.24, 2.45) is 0 Å². The van der Waals surface area contributed by atoms with Crippen molar-refractivity contribution in [1.82, 2.24) is 14.8 Å². The summed E-state index contributed by atoms with van der Waals surface area (Å²) in [5, 5.41) is 9.69. The first-order chi connectivity index (χ1) is 12.3. The van der Waals surface area contributed by atoms with E-state index in [2.05, 4.69) is 31.8 Å². The monoisotopic (exact) mass is 358 g/mol. The Bertz CT molecular complexity index is 728. The molecule has 0 radical (unpaired) electrons. The van der Waals surface area contributed by atoms with Crippen LogP contribution in [0.5, 0.6) is 0 Å². The molecule has 1 atom stereocenters. The Hall–Kier alpha value is -1.86. The van der Waals surface area contributed by atoms with Crippen LogP contribution in [0.15, 0.2) is 35.5 Å². The molecule has 2 heterocycles. The second-order valence-corrected chi connectivity index (χ2v) is 7.54. The van der Waals surface area contributed by atoms with Crippen LogP contribution in [0.1, 0.15) is 25.7 Å². The first kappa shape index (κ1) is 16.6. The van der Waals surface area contributed by atoms with Crippen LogP contribution in [0.3, 0.4) is 0 Å². The van der Waals surface area contributed by atoms with Gasteiger partial charge in [0.1, 0.15) is 5.78 Å². The lowest BCUT2D eigenvalue weighted by molar-refractivity contribution is -0.119. The molecule has 0 amide bonds. The molecule has 132 valence electrons. The normalized spacial score (nSPS) is 21.5. The Kier molecular flexibility index (Phi) is 5.03. The van der Waals surface area contributed by atoms with E-state index in [0.717, 1.165) is 49.1 Å². The van der Waals surface area contributed by atoms with E-state index in [0.29, 0.717) is 25.4 Å². The van der Waals surface area contributed by atoms with Crippen molar-refractivity contribution < 1.29 is 9.53 Å². The van der Waals surface area contributed by atoms with Crippen LogP contribution in [-0.2, 0) is 9.53 Å². The molecule has 4 rings (SSSR count). The van der Waals surface area contributed by atoms with Gasteiger partial charge in [-0.05, 0) is 25.0 Å². The predicted octanol–water partition coefficient (Wildman–Crippen LogP) is 2.71. The van der Waals surface area contributed by atoms with Gasteiger partial charge in [0, 0.05) is 19.5 Å². The van der Waals surface area contributed by atoms with Crippen LogP contribution in [0.2, 0.25) is 0 Å². The summed E-state index contributed by atoms with van der Waals surface area (Å²) in [5.74, 6) is 1.17. The molecule has 1 aromatic carbocycles. The number of nitrogens with zero attached hydrogens (tertiary/aromatic N) is 4. The molecular weight excluding hydrogens is 336 g/mol. The summed E-state index contributed by atoms with van der Waals surface area (Å²) in [5.41, 5.74) is 1.03. The number of benzene rings is 1. The number of hydrogen-bond acceptors (Lipinski definition) is 6. The van der Waals surface area contributed by atoms with Gasteiger partial charge in [-0.3, -0.25) is 9.36 Å². The summed E-state index contributed by atoms with van der Waals surface area (Å²) in [6, 6.07) is 10.1. The molecule has 2 aliphatic rings. The van der Waals surface area contributed by atoms with Gasteiger partial charge in [-0.15, -0.1) is 10.2 Å². The number of ether oxygens (including phenoxy) is 1. The van der Waals surface area contributed by atoms with Crippen LogP contribution < -0.4 is 4.90 Å². The number of thioether (sulfide) groups is 1. The summed E-state index contributed by atoms with van der Waals surface area (Å²) in [7, 11) is 0. The third-order valence-electron chi connectivity index (χ3n) is 4.67. The van der Waals surface area contributed by atoms with E-state index in [4.69, 9.17) is 4.74 Å². The smallest absolute Gasteiger partial charge is 0.232 e.